The molecule has 3 nitrogen and oxygen atoms in total. The van der Waals surface area contributed by atoms with Gasteiger partial charge in [0, 0.05) is 11.8 Å². The highest BCUT2D eigenvalue weighted by molar-refractivity contribution is 7.09. The average Bonchev–Trinajstić information content (AvgIpc) is 2.77. The zero-order valence-corrected chi connectivity index (χ0v) is 10.3. The van der Waals surface area contributed by atoms with E-state index in [2.05, 4.69) is 17.3 Å². The lowest BCUT2D eigenvalue weighted by molar-refractivity contribution is 0.0697. The Labute approximate surface area is 104 Å². The number of nitrogens with zero attached hydrogens (tertiary/aromatic N) is 1. The van der Waals surface area contributed by atoms with Gasteiger partial charge in [0.2, 0.25) is 0 Å². The number of carbonyl (C=O) groups is 1. The summed E-state index contributed by atoms with van der Waals surface area (Å²) in [5, 5.41) is 12.0. The van der Waals surface area contributed by atoms with Gasteiger partial charge in [0.25, 0.3) is 0 Å². The largest absolute Gasteiger partial charge is 0.478 e. The number of aromatic nitrogens is 1. The molecule has 0 saturated carbocycles. The summed E-state index contributed by atoms with van der Waals surface area (Å²) in [6.07, 6.45) is 1.64. The van der Waals surface area contributed by atoms with E-state index in [4.69, 9.17) is 5.11 Å². The minimum Gasteiger partial charge on any atom is -0.478 e. The molecule has 0 spiro atoms. The van der Waals surface area contributed by atoms with Crippen LogP contribution >= 0.6 is 11.3 Å². The molecule has 0 unspecified atom stereocenters. The predicted molar refractivity (Wildman–Crippen MR) is 67.7 cm³/mol. The van der Waals surface area contributed by atoms with Crippen molar-refractivity contribution in [2.75, 3.05) is 0 Å². The maximum Gasteiger partial charge on any atom is 0.335 e. The number of hydrogen-bond donors (Lipinski definition) is 1. The molecule has 0 saturated heterocycles. The number of aromatic carboxylic acids is 1. The van der Waals surface area contributed by atoms with Crippen molar-refractivity contribution in [2.24, 2.45) is 0 Å². The summed E-state index contributed by atoms with van der Waals surface area (Å²) in [5.74, 6) is -0.889. The fraction of sp³-hybridized carbons (Fsp3) is 0.231. The van der Waals surface area contributed by atoms with Crippen LogP contribution in [0.25, 0.3) is 0 Å². The lowest BCUT2D eigenvalue weighted by Crippen LogP contribution is -1.97. The molecule has 0 fully saturated rings. The van der Waals surface area contributed by atoms with Crippen LogP contribution in [-0.4, -0.2) is 16.1 Å². The van der Waals surface area contributed by atoms with Crippen molar-refractivity contribution in [3.8, 4) is 0 Å². The molecule has 2 rings (SSSR count). The zero-order chi connectivity index (χ0) is 12.3. The van der Waals surface area contributed by atoms with E-state index in [1.165, 1.54) is 0 Å². The van der Waals surface area contributed by atoms with Crippen LogP contribution in [0.4, 0.5) is 0 Å². The summed E-state index contributed by atoms with van der Waals surface area (Å²) in [5.41, 5.74) is 2.41. The molecule has 0 aliphatic carbocycles. The number of aryl methyl sites for hydroxylation is 1. The molecule has 0 amide bonds. The van der Waals surface area contributed by atoms with Crippen LogP contribution in [0, 0.1) is 0 Å². The molecule has 1 aromatic carbocycles. The summed E-state index contributed by atoms with van der Waals surface area (Å²) in [6.45, 7) is 2.07. The second-order valence-corrected chi connectivity index (χ2v) is 4.71. The van der Waals surface area contributed by atoms with Gasteiger partial charge < -0.3 is 5.11 Å². The molecular weight excluding hydrogens is 234 g/mol. The van der Waals surface area contributed by atoms with E-state index in [-0.39, 0.29) is 0 Å². The van der Waals surface area contributed by atoms with Gasteiger partial charge in [0.1, 0.15) is 0 Å². The lowest BCUT2D eigenvalue weighted by atomic mass is 10.1. The second kappa shape index (κ2) is 5.10. The molecule has 17 heavy (non-hydrogen) atoms. The van der Waals surface area contributed by atoms with Gasteiger partial charge >= 0.3 is 5.97 Å². The summed E-state index contributed by atoms with van der Waals surface area (Å²) in [7, 11) is 0. The fourth-order valence-electron chi connectivity index (χ4n) is 1.58. The van der Waals surface area contributed by atoms with Crippen LogP contribution in [-0.2, 0) is 12.8 Å². The predicted octanol–water partition coefficient (Wildman–Crippen LogP) is 2.99. The van der Waals surface area contributed by atoms with Crippen LogP contribution in [0.5, 0.6) is 0 Å². The monoisotopic (exact) mass is 247 g/mol. The zero-order valence-electron chi connectivity index (χ0n) is 9.51. The summed E-state index contributed by atoms with van der Waals surface area (Å²) in [4.78, 5) is 15.3. The number of rotatable bonds is 4. The highest BCUT2D eigenvalue weighted by Crippen LogP contribution is 2.16. The Kier molecular flexibility index (Phi) is 3.54. The van der Waals surface area contributed by atoms with Crippen molar-refractivity contribution in [3.05, 3.63) is 51.5 Å². The number of benzene rings is 1. The topological polar surface area (TPSA) is 50.2 Å². The minimum atomic E-state index is -0.889. The Morgan fingerprint density at radius 3 is 2.94 bits per heavy atom. The van der Waals surface area contributed by atoms with E-state index in [1.54, 1.807) is 29.5 Å². The first-order valence-corrected chi connectivity index (χ1v) is 6.32. The van der Waals surface area contributed by atoms with Crippen LogP contribution in [0.15, 0.2) is 29.6 Å². The van der Waals surface area contributed by atoms with Crippen LogP contribution < -0.4 is 0 Å². The number of hydrogen-bond acceptors (Lipinski definition) is 3. The average molecular weight is 247 g/mol. The minimum absolute atomic E-state index is 0.328. The van der Waals surface area contributed by atoms with Gasteiger partial charge in [0.05, 0.1) is 16.3 Å². The van der Waals surface area contributed by atoms with E-state index < -0.39 is 5.97 Å². The third kappa shape index (κ3) is 2.91. The van der Waals surface area contributed by atoms with Gasteiger partial charge in [-0.1, -0.05) is 19.1 Å². The Morgan fingerprint density at radius 1 is 1.47 bits per heavy atom. The van der Waals surface area contributed by atoms with Crippen molar-refractivity contribution < 1.29 is 9.90 Å². The van der Waals surface area contributed by atoms with E-state index in [0.717, 1.165) is 22.7 Å². The third-order valence-electron chi connectivity index (χ3n) is 2.49. The van der Waals surface area contributed by atoms with Crippen molar-refractivity contribution in [2.45, 2.75) is 19.8 Å². The van der Waals surface area contributed by atoms with Crippen molar-refractivity contribution in [1.82, 2.24) is 4.98 Å². The Morgan fingerprint density at radius 2 is 2.29 bits per heavy atom. The fourth-order valence-corrected chi connectivity index (χ4v) is 2.49. The maximum atomic E-state index is 10.8. The first kappa shape index (κ1) is 11.8. The molecule has 0 radical (unpaired) electrons. The molecule has 0 bridgehead atoms. The standard InChI is InChI=1S/C13H13NO2S/c1-2-11-8-17-12(14-11)7-9-4-3-5-10(6-9)13(15)16/h3-6,8H,2,7H2,1H3,(H,15,16). The summed E-state index contributed by atoms with van der Waals surface area (Å²) < 4.78 is 0. The van der Waals surface area contributed by atoms with Crippen molar-refractivity contribution in [3.63, 3.8) is 0 Å². The second-order valence-electron chi connectivity index (χ2n) is 3.77. The Hall–Kier alpha value is -1.68. The van der Waals surface area contributed by atoms with Gasteiger partial charge in [-0.2, -0.15) is 0 Å². The van der Waals surface area contributed by atoms with Crippen molar-refractivity contribution >= 4 is 17.3 Å². The molecule has 0 aliphatic rings. The molecule has 1 N–H and O–H groups in total. The summed E-state index contributed by atoms with van der Waals surface area (Å²) >= 11 is 1.62. The molecule has 0 atom stereocenters. The van der Waals surface area contributed by atoms with Gasteiger partial charge in [-0.15, -0.1) is 11.3 Å². The van der Waals surface area contributed by atoms with Crippen LogP contribution in [0.2, 0.25) is 0 Å². The third-order valence-corrected chi connectivity index (χ3v) is 3.39. The molecule has 88 valence electrons. The van der Waals surface area contributed by atoms with Crippen molar-refractivity contribution in [1.29, 1.82) is 0 Å². The van der Waals surface area contributed by atoms with Gasteiger partial charge in [-0.25, -0.2) is 9.78 Å². The first-order valence-electron chi connectivity index (χ1n) is 5.44. The Bertz CT molecular complexity index is 534. The number of carboxylic acid groups (broad SMARTS) is 1. The van der Waals surface area contributed by atoms with E-state index in [1.807, 2.05) is 6.07 Å². The quantitative estimate of drug-likeness (QED) is 0.903. The lowest BCUT2D eigenvalue weighted by Gasteiger charge is -2.00. The molecular formula is C13H13NO2S. The highest BCUT2D eigenvalue weighted by Gasteiger charge is 2.06. The first-order chi connectivity index (χ1) is 8.19. The highest BCUT2D eigenvalue weighted by atomic mass is 32.1. The molecule has 1 aromatic heterocycles. The SMILES string of the molecule is CCc1csc(Cc2cccc(C(=O)O)c2)n1. The van der Waals surface area contributed by atoms with Gasteiger partial charge in [-0.3, -0.25) is 0 Å². The van der Waals surface area contributed by atoms with Gasteiger partial charge in [-0.05, 0) is 24.1 Å². The van der Waals surface area contributed by atoms with Crippen LogP contribution in [0.1, 0.15) is 33.5 Å². The van der Waals surface area contributed by atoms with Gasteiger partial charge in [0.15, 0.2) is 0 Å². The van der Waals surface area contributed by atoms with E-state index in [0.29, 0.717) is 12.0 Å². The molecule has 2 aromatic rings. The maximum absolute atomic E-state index is 10.8. The molecule has 1 heterocycles. The smallest absolute Gasteiger partial charge is 0.335 e. The molecule has 4 heteroatoms. The number of thiazole rings is 1. The molecule has 0 aliphatic heterocycles. The summed E-state index contributed by atoms with van der Waals surface area (Å²) in [6, 6.07) is 7.01. The van der Waals surface area contributed by atoms with Crippen LogP contribution in [0.3, 0.4) is 0 Å². The Balaban J connectivity index is 2.18. The van der Waals surface area contributed by atoms with E-state index >= 15 is 0 Å². The van der Waals surface area contributed by atoms with E-state index in [9.17, 15) is 4.79 Å². The normalized spacial score (nSPS) is 10.4. The number of carboxylic acids is 1.